The first kappa shape index (κ1) is 11.9. The van der Waals surface area contributed by atoms with E-state index in [1.54, 1.807) is 0 Å². The van der Waals surface area contributed by atoms with Crippen molar-refractivity contribution in [2.45, 2.75) is 19.4 Å². The smallest absolute Gasteiger partial charge is 0.129 e. The van der Waals surface area contributed by atoms with Crippen LogP contribution in [0.25, 0.3) is 10.9 Å². The number of anilines is 1. The third-order valence-electron chi connectivity index (χ3n) is 3.19. The Labute approximate surface area is 102 Å². The number of benzene rings is 1. The van der Waals surface area contributed by atoms with Crippen LogP contribution in [0, 0.1) is 0 Å². The molecule has 3 nitrogen and oxygen atoms in total. The molecule has 0 bridgehead atoms. The summed E-state index contributed by atoms with van der Waals surface area (Å²) in [6.45, 7) is 2.88. The highest BCUT2D eigenvalue weighted by Gasteiger charge is 2.10. The van der Waals surface area contributed by atoms with E-state index < -0.39 is 0 Å². The summed E-state index contributed by atoms with van der Waals surface area (Å²) < 4.78 is 0. The average Bonchev–Trinajstić information content (AvgIpc) is 2.37. The normalized spacial score (nSPS) is 12.6. The molecule has 0 radical (unpaired) electrons. The van der Waals surface area contributed by atoms with Crippen molar-refractivity contribution in [2.24, 2.45) is 5.73 Å². The molecule has 2 rings (SSSR count). The second-order valence-corrected chi connectivity index (χ2v) is 4.40. The van der Waals surface area contributed by atoms with Gasteiger partial charge in [0.15, 0.2) is 0 Å². The summed E-state index contributed by atoms with van der Waals surface area (Å²) in [5.41, 5.74) is 6.63. The fourth-order valence-electron chi connectivity index (χ4n) is 1.91. The SMILES string of the molecule is CC(CCN)N(C)c1ccc2ccccc2n1. The van der Waals surface area contributed by atoms with Crippen molar-refractivity contribution in [1.29, 1.82) is 0 Å². The van der Waals surface area contributed by atoms with Gasteiger partial charge in [-0.2, -0.15) is 0 Å². The van der Waals surface area contributed by atoms with Gasteiger partial charge in [0.25, 0.3) is 0 Å². The van der Waals surface area contributed by atoms with Crippen molar-refractivity contribution in [2.75, 3.05) is 18.5 Å². The van der Waals surface area contributed by atoms with Gasteiger partial charge in [-0.25, -0.2) is 4.98 Å². The second kappa shape index (κ2) is 5.15. The van der Waals surface area contributed by atoms with Crippen molar-refractivity contribution < 1.29 is 0 Å². The molecular formula is C14H19N3. The highest BCUT2D eigenvalue weighted by molar-refractivity contribution is 5.80. The highest BCUT2D eigenvalue weighted by atomic mass is 15.2. The molecule has 1 atom stereocenters. The fraction of sp³-hybridized carbons (Fsp3) is 0.357. The topological polar surface area (TPSA) is 42.1 Å². The Morgan fingerprint density at radius 2 is 2.00 bits per heavy atom. The Morgan fingerprint density at radius 3 is 2.76 bits per heavy atom. The largest absolute Gasteiger partial charge is 0.357 e. The Bertz CT molecular complexity index is 496. The van der Waals surface area contributed by atoms with E-state index in [4.69, 9.17) is 5.73 Å². The minimum Gasteiger partial charge on any atom is -0.357 e. The molecule has 2 aromatic rings. The lowest BCUT2D eigenvalue weighted by molar-refractivity contribution is 0.630. The first-order valence-corrected chi connectivity index (χ1v) is 6.01. The van der Waals surface area contributed by atoms with Gasteiger partial charge in [0.05, 0.1) is 5.52 Å². The monoisotopic (exact) mass is 229 g/mol. The minimum atomic E-state index is 0.411. The van der Waals surface area contributed by atoms with Crippen LogP contribution in [0.4, 0.5) is 5.82 Å². The van der Waals surface area contributed by atoms with Crippen molar-refractivity contribution in [3.05, 3.63) is 36.4 Å². The zero-order valence-electron chi connectivity index (χ0n) is 10.4. The van der Waals surface area contributed by atoms with E-state index in [9.17, 15) is 0 Å². The molecule has 90 valence electrons. The summed E-state index contributed by atoms with van der Waals surface area (Å²) in [5.74, 6) is 1.00. The van der Waals surface area contributed by atoms with Gasteiger partial charge < -0.3 is 10.6 Å². The number of nitrogens with zero attached hydrogens (tertiary/aromatic N) is 2. The van der Waals surface area contributed by atoms with Gasteiger partial charge in [-0.15, -0.1) is 0 Å². The van der Waals surface area contributed by atoms with Crippen LogP contribution >= 0.6 is 0 Å². The Hall–Kier alpha value is -1.61. The molecule has 1 unspecified atom stereocenters. The number of fused-ring (bicyclic) bond motifs is 1. The van der Waals surface area contributed by atoms with Gasteiger partial charge in [-0.1, -0.05) is 18.2 Å². The minimum absolute atomic E-state index is 0.411. The summed E-state index contributed by atoms with van der Waals surface area (Å²) in [6, 6.07) is 12.8. The number of para-hydroxylation sites is 1. The Kier molecular flexibility index (Phi) is 3.59. The van der Waals surface area contributed by atoms with Gasteiger partial charge in [-0.3, -0.25) is 0 Å². The van der Waals surface area contributed by atoms with E-state index in [1.165, 1.54) is 5.39 Å². The number of rotatable bonds is 4. The molecule has 0 spiro atoms. The van der Waals surface area contributed by atoms with Crippen molar-refractivity contribution in [3.8, 4) is 0 Å². The van der Waals surface area contributed by atoms with E-state index in [1.807, 2.05) is 18.2 Å². The standard InChI is InChI=1S/C14H19N3/c1-11(9-10-15)17(2)14-8-7-12-5-3-4-6-13(12)16-14/h3-8,11H,9-10,15H2,1-2H3. The van der Waals surface area contributed by atoms with E-state index in [0.717, 1.165) is 17.8 Å². The number of hydrogen-bond donors (Lipinski definition) is 1. The maximum Gasteiger partial charge on any atom is 0.129 e. The van der Waals surface area contributed by atoms with Gasteiger partial charge in [-0.05, 0) is 38.1 Å². The van der Waals surface area contributed by atoms with Crippen LogP contribution in [0.3, 0.4) is 0 Å². The molecule has 0 saturated carbocycles. The summed E-state index contributed by atoms with van der Waals surface area (Å²) in [4.78, 5) is 6.84. The number of nitrogens with two attached hydrogens (primary N) is 1. The molecular weight excluding hydrogens is 210 g/mol. The molecule has 0 fully saturated rings. The number of aromatic nitrogens is 1. The molecule has 0 aliphatic carbocycles. The molecule has 0 amide bonds. The van der Waals surface area contributed by atoms with Crippen LogP contribution in [-0.4, -0.2) is 24.6 Å². The molecule has 1 heterocycles. The molecule has 17 heavy (non-hydrogen) atoms. The number of hydrogen-bond acceptors (Lipinski definition) is 3. The quantitative estimate of drug-likeness (QED) is 0.875. The predicted octanol–water partition coefficient (Wildman–Crippen LogP) is 2.41. The van der Waals surface area contributed by atoms with Gasteiger partial charge in [0, 0.05) is 18.5 Å². The third-order valence-corrected chi connectivity index (χ3v) is 3.19. The van der Waals surface area contributed by atoms with Gasteiger partial charge in [0.2, 0.25) is 0 Å². The maximum atomic E-state index is 5.59. The Balaban J connectivity index is 2.29. The zero-order valence-corrected chi connectivity index (χ0v) is 10.4. The summed E-state index contributed by atoms with van der Waals surface area (Å²) in [6.07, 6.45) is 0.977. The molecule has 0 saturated heterocycles. The first-order valence-electron chi connectivity index (χ1n) is 6.01. The molecule has 3 heteroatoms. The van der Waals surface area contributed by atoms with Gasteiger partial charge in [0.1, 0.15) is 5.82 Å². The lowest BCUT2D eigenvalue weighted by atomic mass is 10.2. The van der Waals surface area contributed by atoms with Crippen molar-refractivity contribution >= 4 is 16.7 Å². The predicted molar refractivity (Wildman–Crippen MR) is 73.3 cm³/mol. The molecule has 1 aromatic carbocycles. The lowest BCUT2D eigenvalue weighted by Gasteiger charge is -2.25. The van der Waals surface area contributed by atoms with E-state index in [-0.39, 0.29) is 0 Å². The van der Waals surface area contributed by atoms with Gasteiger partial charge >= 0.3 is 0 Å². The van der Waals surface area contributed by atoms with Crippen LogP contribution < -0.4 is 10.6 Å². The van der Waals surface area contributed by atoms with Crippen molar-refractivity contribution in [3.63, 3.8) is 0 Å². The van der Waals surface area contributed by atoms with Crippen LogP contribution in [0.1, 0.15) is 13.3 Å². The fourth-order valence-corrected chi connectivity index (χ4v) is 1.91. The third kappa shape index (κ3) is 2.56. The second-order valence-electron chi connectivity index (χ2n) is 4.40. The van der Waals surface area contributed by atoms with E-state index >= 15 is 0 Å². The summed E-state index contributed by atoms with van der Waals surface area (Å²) in [7, 11) is 2.07. The van der Waals surface area contributed by atoms with E-state index in [0.29, 0.717) is 12.6 Å². The van der Waals surface area contributed by atoms with Crippen LogP contribution in [0.2, 0.25) is 0 Å². The first-order chi connectivity index (χ1) is 8.22. The average molecular weight is 229 g/mol. The maximum absolute atomic E-state index is 5.59. The summed E-state index contributed by atoms with van der Waals surface area (Å²) in [5, 5.41) is 1.18. The molecule has 1 aromatic heterocycles. The van der Waals surface area contributed by atoms with Crippen LogP contribution in [-0.2, 0) is 0 Å². The van der Waals surface area contributed by atoms with Crippen LogP contribution in [0.15, 0.2) is 36.4 Å². The number of pyridine rings is 1. The van der Waals surface area contributed by atoms with E-state index in [2.05, 4.69) is 42.1 Å². The zero-order chi connectivity index (χ0) is 12.3. The molecule has 0 aliphatic rings. The molecule has 2 N–H and O–H groups in total. The highest BCUT2D eigenvalue weighted by Crippen LogP contribution is 2.18. The van der Waals surface area contributed by atoms with Crippen LogP contribution in [0.5, 0.6) is 0 Å². The summed E-state index contributed by atoms with van der Waals surface area (Å²) >= 11 is 0. The lowest BCUT2D eigenvalue weighted by Crippen LogP contribution is -2.31. The van der Waals surface area contributed by atoms with Crippen molar-refractivity contribution in [1.82, 2.24) is 4.98 Å². The molecule has 0 aliphatic heterocycles. The Morgan fingerprint density at radius 1 is 1.24 bits per heavy atom.